The van der Waals surface area contributed by atoms with Gasteiger partial charge in [-0.2, -0.15) is 0 Å². The number of nitro benzene ring substituents is 1. The number of carbonyl (C=O) groups is 2. The molecule has 0 radical (unpaired) electrons. The molecule has 1 aliphatic heterocycles. The lowest BCUT2D eigenvalue weighted by Crippen LogP contribution is -2.48. The highest BCUT2D eigenvalue weighted by atomic mass is 16.6. The molecule has 4 aromatic rings. The molecule has 3 aromatic carbocycles. The lowest BCUT2D eigenvalue weighted by atomic mass is 10.2. The quantitative estimate of drug-likeness (QED) is 0.320. The van der Waals surface area contributed by atoms with E-state index in [1.54, 1.807) is 0 Å². The van der Waals surface area contributed by atoms with E-state index in [2.05, 4.69) is 10.2 Å². The minimum atomic E-state index is -0.502. The normalized spacial score (nSPS) is 14.0. The summed E-state index contributed by atoms with van der Waals surface area (Å²) in [5.41, 5.74) is 3.27. The number of aromatic nitrogens is 2. The van der Waals surface area contributed by atoms with Crippen LogP contribution in [0.1, 0.15) is 26.5 Å². The zero-order chi connectivity index (χ0) is 25.9. The average molecular weight is 499 g/mol. The number of non-ortho nitro benzene ring substituents is 1. The molecule has 2 heterocycles. The zero-order valence-corrected chi connectivity index (χ0v) is 20.3. The minimum Gasteiger partial charge on any atom is -0.336 e. The van der Waals surface area contributed by atoms with E-state index in [1.165, 1.54) is 24.3 Å². The third-order valence-electron chi connectivity index (χ3n) is 6.62. The Hall–Kier alpha value is -4.57. The number of amides is 2. The van der Waals surface area contributed by atoms with Gasteiger partial charge in [-0.1, -0.05) is 18.2 Å². The van der Waals surface area contributed by atoms with Gasteiger partial charge in [0.1, 0.15) is 5.82 Å². The molecule has 0 saturated carbocycles. The first-order valence-corrected chi connectivity index (χ1v) is 12.0. The zero-order valence-electron chi connectivity index (χ0n) is 20.3. The highest BCUT2D eigenvalue weighted by Gasteiger charge is 2.23. The highest BCUT2D eigenvalue weighted by molar-refractivity contribution is 6.05. The summed E-state index contributed by atoms with van der Waals surface area (Å²) in [6, 6.07) is 20.4. The van der Waals surface area contributed by atoms with Crippen molar-refractivity contribution in [3.05, 3.63) is 99.9 Å². The van der Waals surface area contributed by atoms with Gasteiger partial charge in [0.05, 0.1) is 22.5 Å². The van der Waals surface area contributed by atoms with Crippen LogP contribution in [-0.4, -0.2) is 62.3 Å². The highest BCUT2D eigenvalue weighted by Crippen LogP contribution is 2.22. The number of piperazine rings is 1. The van der Waals surface area contributed by atoms with Crippen LogP contribution in [-0.2, 0) is 13.6 Å². The van der Waals surface area contributed by atoms with Gasteiger partial charge >= 0.3 is 0 Å². The molecule has 1 aromatic heterocycles. The molecule has 188 valence electrons. The third kappa shape index (κ3) is 5.19. The summed E-state index contributed by atoms with van der Waals surface area (Å²) in [6.07, 6.45) is 0. The average Bonchev–Trinajstić information content (AvgIpc) is 3.23. The first kappa shape index (κ1) is 24.1. The molecule has 0 spiro atoms. The summed E-state index contributed by atoms with van der Waals surface area (Å²) in [5.74, 6) is 0.608. The summed E-state index contributed by atoms with van der Waals surface area (Å²) in [4.78, 5) is 44.6. The smallest absolute Gasteiger partial charge is 0.269 e. The number of benzene rings is 3. The summed E-state index contributed by atoms with van der Waals surface area (Å²) < 4.78 is 2.04. The van der Waals surface area contributed by atoms with E-state index in [0.717, 1.165) is 29.9 Å². The summed E-state index contributed by atoms with van der Waals surface area (Å²) in [6.45, 7) is 3.51. The monoisotopic (exact) mass is 498 g/mol. The van der Waals surface area contributed by atoms with Crippen LogP contribution in [0.4, 0.5) is 11.4 Å². The van der Waals surface area contributed by atoms with E-state index < -0.39 is 4.92 Å². The van der Waals surface area contributed by atoms with Gasteiger partial charge in [0.2, 0.25) is 0 Å². The largest absolute Gasteiger partial charge is 0.336 e. The van der Waals surface area contributed by atoms with Crippen molar-refractivity contribution in [3.63, 3.8) is 0 Å². The van der Waals surface area contributed by atoms with Crippen molar-refractivity contribution in [3.8, 4) is 0 Å². The van der Waals surface area contributed by atoms with Crippen LogP contribution in [0.3, 0.4) is 0 Å². The van der Waals surface area contributed by atoms with E-state index in [-0.39, 0.29) is 17.5 Å². The van der Waals surface area contributed by atoms with E-state index in [0.29, 0.717) is 36.4 Å². The molecule has 5 rings (SSSR count). The Morgan fingerprint density at radius 1 is 0.946 bits per heavy atom. The molecular weight excluding hydrogens is 472 g/mol. The van der Waals surface area contributed by atoms with Crippen LogP contribution in [0.2, 0.25) is 0 Å². The Morgan fingerprint density at radius 2 is 1.65 bits per heavy atom. The number of aryl methyl sites for hydroxylation is 1. The van der Waals surface area contributed by atoms with Crippen LogP contribution in [0.25, 0.3) is 11.0 Å². The van der Waals surface area contributed by atoms with Crippen LogP contribution < -0.4 is 5.32 Å². The molecule has 37 heavy (non-hydrogen) atoms. The molecule has 1 fully saturated rings. The van der Waals surface area contributed by atoms with Gasteiger partial charge in [-0.15, -0.1) is 0 Å². The van der Waals surface area contributed by atoms with Crippen molar-refractivity contribution < 1.29 is 14.5 Å². The molecule has 1 saturated heterocycles. The van der Waals surface area contributed by atoms with Crippen molar-refractivity contribution in [1.29, 1.82) is 0 Å². The van der Waals surface area contributed by atoms with Crippen LogP contribution in [0.5, 0.6) is 0 Å². The molecule has 1 aliphatic rings. The van der Waals surface area contributed by atoms with Crippen molar-refractivity contribution in [1.82, 2.24) is 19.4 Å². The fourth-order valence-corrected chi connectivity index (χ4v) is 4.48. The number of rotatable bonds is 6. The van der Waals surface area contributed by atoms with Crippen molar-refractivity contribution in [2.24, 2.45) is 7.05 Å². The Kier molecular flexibility index (Phi) is 6.65. The third-order valence-corrected chi connectivity index (χ3v) is 6.62. The lowest BCUT2D eigenvalue weighted by Gasteiger charge is -2.34. The maximum atomic E-state index is 12.7. The van der Waals surface area contributed by atoms with E-state index in [1.807, 2.05) is 65.0 Å². The predicted molar refractivity (Wildman–Crippen MR) is 139 cm³/mol. The molecule has 10 heteroatoms. The number of anilines is 1. The van der Waals surface area contributed by atoms with Crippen molar-refractivity contribution in [2.45, 2.75) is 6.54 Å². The van der Waals surface area contributed by atoms with Gasteiger partial charge in [-0.25, -0.2) is 4.98 Å². The Bertz CT molecular complexity index is 1460. The summed E-state index contributed by atoms with van der Waals surface area (Å²) >= 11 is 0. The van der Waals surface area contributed by atoms with Gasteiger partial charge in [0.15, 0.2) is 0 Å². The number of imidazole rings is 1. The fourth-order valence-electron chi connectivity index (χ4n) is 4.48. The molecule has 0 aliphatic carbocycles. The van der Waals surface area contributed by atoms with Gasteiger partial charge in [0.25, 0.3) is 17.5 Å². The first-order valence-electron chi connectivity index (χ1n) is 12.0. The standard InChI is InChI=1S/C27H26N6O4/c1-30-24-12-9-21(28-26(34)19-7-10-22(11-8-19)33(36)37)17-23(24)29-25(30)18-31-13-15-32(16-14-31)27(35)20-5-3-2-4-6-20/h2-12,17H,13-16,18H2,1H3,(H,28,34). The van der Waals surface area contributed by atoms with Crippen LogP contribution in [0, 0.1) is 10.1 Å². The number of fused-ring (bicyclic) bond motifs is 1. The van der Waals surface area contributed by atoms with Crippen LogP contribution >= 0.6 is 0 Å². The number of nitrogens with zero attached hydrogens (tertiary/aromatic N) is 5. The maximum absolute atomic E-state index is 12.7. The number of hydrogen-bond donors (Lipinski definition) is 1. The van der Waals surface area contributed by atoms with Gasteiger partial charge in [-0.3, -0.25) is 24.6 Å². The fraction of sp³-hybridized carbons (Fsp3) is 0.222. The van der Waals surface area contributed by atoms with E-state index in [4.69, 9.17) is 4.98 Å². The second-order valence-corrected chi connectivity index (χ2v) is 8.98. The second-order valence-electron chi connectivity index (χ2n) is 8.98. The number of nitro groups is 1. The second kappa shape index (κ2) is 10.2. The maximum Gasteiger partial charge on any atom is 0.269 e. The Balaban J connectivity index is 1.22. The van der Waals surface area contributed by atoms with E-state index in [9.17, 15) is 19.7 Å². The lowest BCUT2D eigenvalue weighted by molar-refractivity contribution is -0.384. The van der Waals surface area contributed by atoms with Crippen molar-refractivity contribution in [2.75, 3.05) is 31.5 Å². The number of nitrogens with one attached hydrogen (secondary N) is 1. The Morgan fingerprint density at radius 3 is 2.32 bits per heavy atom. The molecule has 2 amide bonds. The van der Waals surface area contributed by atoms with Crippen LogP contribution in [0.15, 0.2) is 72.8 Å². The SMILES string of the molecule is Cn1c(CN2CCN(C(=O)c3ccccc3)CC2)nc2cc(NC(=O)c3ccc([N+](=O)[O-])cc3)ccc21. The first-order chi connectivity index (χ1) is 17.9. The van der Waals surface area contributed by atoms with E-state index >= 15 is 0 Å². The Labute approximate surface area is 213 Å². The molecule has 1 N–H and O–H groups in total. The summed E-state index contributed by atoms with van der Waals surface area (Å²) in [7, 11) is 1.97. The number of hydrogen-bond acceptors (Lipinski definition) is 6. The molecule has 0 atom stereocenters. The van der Waals surface area contributed by atoms with Gasteiger partial charge in [0, 0.05) is 62.2 Å². The van der Waals surface area contributed by atoms with Crippen molar-refractivity contribution >= 4 is 34.2 Å². The summed E-state index contributed by atoms with van der Waals surface area (Å²) in [5, 5.41) is 13.7. The topological polar surface area (TPSA) is 114 Å². The minimum absolute atomic E-state index is 0.0614. The molecular formula is C27H26N6O4. The number of carbonyl (C=O) groups excluding carboxylic acids is 2. The predicted octanol–water partition coefficient (Wildman–Crippen LogP) is 3.69. The van der Waals surface area contributed by atoms with Gasteiger partial charge in [-0.05, 0) is 42.5 Å². The molecule has 0 unspecified atom stereocenters. The molecule has 0 bridgehead atoms. The molecule has 10 nitrogen and oxygen atoms in total. The van der Waals surface area contributed by atoms with Gasteiger partial charge < -0.3 is 14.8 Å².